The van der Waals surface area contributed by atoms with E-state index < -0.39 is 9.96 Å². The third kappa shape index (κ3) is 7.44. The first-order valence-corrected chi connectivity index (χ1v) is 10.1. The molecule has 0 aliphatic heterocycles. The molecule has 9 heteroatoms. The molecule has 1 atom stereocenters. The van der Waals surface area contributed by atoms with Gasteiger partial charge in [0.15, 0.2) is 5.11 Å². The van der Waals surface area contributed by atoms with Crippen LogP contribution in [0.2, 0.25) is 0 Å². The van der Waals surface area contributed by atoms with Crippen LogP contribution in [-0.2, 0) is 11.2 Å². The quantitative estimate of drug-likeness (QED) is 0.223. The number of halogens is 4. The first-order valence-electron chi connectivity index (χ1n) is 7.47. The molecule has 0 unspecified atom stereocenters. The standard InChI is InChI=1S/C17H15Cl3IN3OS/c18-17(19,20)15(23-14(25)10-11-4-2-1-3-5-11)24-16(26)22-13-8-6-12(21)7-9-13/h1-9,15H,10H2,(H,23,25)(H2,22,24,26)/t15-/m1/s1. The van der Waals surface area contributed by atoms with Crippen LogP contribution in [0.1, 0.15) is 5.56 Å². The smallest absolute Gasteiger partial charge is 0.228 e. The minimum absolute atomic E-state index is 0.164. The highest BCUT2D eigenvalue weighted by atomic mass is 127. The zero-order valence-electron chi connectivity index (χ0n) is 13.3. The van der Waals surface area contributed by atoms with Crippen molar-refractivity contribution >= 4 is 86.3 Å². The molecule has 2 rings (SSSR count). The van der Waals surface area contributed by atoms with Gasteiger partial charge in [0.25, 0.3) is 0 Å². The van der Waals surface area contributed by atoms with Crippen LogP contribution in [0, 0.1) is 3.57 Å². The van der Waals surface area contributed by atoms with Gasteiger partial charge in [0.1, 0.15) is 6.17 Å². The highest BCUT2D eigenvalue weighted by Crippen LogP contribution is 2.29. The van der Waals surface area contributed by atoms with Crippen LogP contribution in [0.25, 0.3) is 0 Å². The van der Waals surface area contributed by atoms with Crippen LogP contribution in [0.5, 0.6) is 0 Å². The number of alkyl halides is 3. The van der Waals surface area contributed by atoms with Crippen molar-refractivity contribution in [1.82, 2.24) is 10.6 Å². The fourth-order valence-electron chi connectivity index (χ4n) is 2.02. The van der Waals surface area contributed by atoms with Crippen LogP contribution in [0.15, 0.2) is 54.6 Å². The van der Waals surface area contributed by atoms with Crippen LogP contribution < -0.4 is 16.0 Å². The summed E-state index contributed by atoms with van der Waals surface area (Å²) in [6.45, 7) is 0. The Kier molecular flexibility index (Phi) is 8.22. The minimum atomic E-state index is -1.79. The van der Waals surface area contributed by atoms with E-state index in [0.29, 0.717) is 0 Å². The first kappa shape index (κ1) is 21.5. The van der Waals surface area contributed by atoms with Crippen molar-refractivity contribution < 1.29 is 4.79 Å². The molecule has 0 radical (unpaired) electrons. The third-order valence-corrected chi connectivity index (χ3v) is 4.81. The fourth-order valence-corrected chi connectivity index (χ4v) is 2.95. The number of hydrogen-bond donors (Lipinski definition) is 3. The Labute approximate surface area is 186 Å². The van der Waals surface area contributed by atoms with Crippen molar-refractivity contribution in [3.63, 3.8) is 0 Å². The SMILES string of the molecule is O=C(Cc1ccccc1)N[C@H](NC(=S)Nc1ccc(I)cc1)C(Cl)(Cl)Cl. The Hall–Kier alpha value is -0.800. The summed E-state index contributed by atoms with van der Waals surface area (Å²) < 4.78 is -0.691. The number of benzene rings is 2. The van der Waals surface area contributed by atoms with Gasteiger partial charge in [-0.15, -0.1) is 0 Å². The Morgan fingerprint density at radius 2 is 1.65 bits per heavy atom. The molecule has 0 aromatic heterocycles. The lowest BCUT2D eigenvalue weighted by Gasteiger charge is -2.27. The molecule has 0 heterocycles. The predicted molar refractivity (Wildman–Crippen MR) is 121 cm³/mol. The average Bonchev–Trinajstić information content (AvgIpc) is 2.56. The molecular formula is C17H15Cl3IN3OS. The molecule has 0 spiro atoms. The maximum absolute atomic E-state index is 12.3. The van der Waals surface area contributed by atoms with Crippen molar-refractivity contribution in [3.05, 3.63) is 63.7 Å². The molecule has 0 saturated heterocycles. The highest BCUT2D eigenvalue weighted by Gasteiger charge is 2.34. The maximum Gasteiger partial charge on any atom is 0.228 e. The van der Waals surface area contributed by atoms with E-state index >= 15 is 0 Å². The number of anilines is 1. The largest absolute Gasteiger partial charge is 0.339 e. The van der Waals surface area contributed by atoms with E-state index in [4.69, 9.17) is 47.0 Å². The van der Waals surface area contributed by atoms with Gasteiger partial charge in [-0.3, -0.25) is 4.79 Å². The summed E-state index contributed by atoms with van der Waals surface area (Å²) in [5.74, 6) is -0.294. The molecule has 0 aliphatic rings. The lowest BCUT2D eigenvalue weighted by atomic mass is 10.1. The van der Waals surface area contributed by atoms with Crippen LogP contribution in [0.3, 0.4) is 0 Å². The molecular weight excluding hydrogens is 528 g/mol. The number of hydrogen-bond acceptors (Lipinski definition) is 2. The highest BCUT2D eigenvalue weighted by molar-refractivity contribution is 14.1. The Morgan fingerprint density at radius 1 is 1.04 bits per heavy atom. The molecule has 3 N–H and O–H groups in total. The Balaban J connectivity index is 1.97. The van der Waals surface area contributed by atoms with Gasteiger partial charge in [0, 0.05) is 9.26 Å². The second kappa shape index (κ2) is 9.94. The maximum atomic E-state index is 12.3. The van der Waals surface area contributed by atoms with Crippen molar-refractivity contribution in [2.75, 3.05) is 5.32 Å². The normalized spacial score (nSPS) is 12.2. The summed E-state index contributed by atoms with van der Waals surface area (Å²) in [6.07, 6.45) is -0.829. The lowest BCUT2D eigenvalue weighted by molar-refractivity contribution is -0.121. The molecule has 4 nitrogen and oxygen atoms in total. The first-order chi connectivity index (χ1) is 12.2. The second-order valence-electron chi connectivity index (χ2n) is 5.31. The lowest BCUT2D eigenvalue weighted by Crippen LogP contribution is -2.56. The molecule has 0 aliphatic carbocycles. The van der Waals surface area contributed by atoms with E-state index in [1.165, 1.54) is 0 Å². The number of carbonyl (C=O) groups is 1. The molecule has 138 valence electrons. The predicted octanol–water partition coefficient (Wildman–Crippen LogP) is 4.63. The van der Waals surface area contributed by atoms with Crippen molar-refractivity contribution in [3.8, 4) is 0 Å². The van der Waals surface area contributed by atoms with E-state index in [2.05, 4.69) is 38.5 Å². The van der Waals surface area contributed by atoms with Gasteiger partial charge in [-0.05, 0) is 64.6 Å². The molecule has 0 saturated carbocycles. The van der Waals surface area contributed by atoms with Gasteiger partial charge < -0.3 is 16.0 Å². The van der Waals surface area contributed by atoms with E-state index in [9.17, 15) is 4.79 Å². The van der Waals surface area contributed by atoms with Gasteiger partial charge in [-0.1, -0.05) is 65.1 Å². The summed E-state index contributed by atoms with van der Waals surface area (Å²) in [5.41, 5.74) is 1.63. The second-order valence-corrected chi connectivity index (χ2v) is 9.33. The van der Waals surface area contributed by atoms with E-state index in [1.54, 1.807) is 0 Å². The Morgan fingerprint density at radius 3 is 2.23 bits per heavy atom. The average molecular weight is 543 g/mol. The number of rotatable bonds is 5. The van der Waals surface area contributed by atoms with Gasteiger partial charge in [0.2, 0.25) is 9.70 Å². The van der Waals surface area contributed by atoms with Gasteiger partial charge >= 0.3 is 0 Å². The van der Waals surface area contributed by atoms with Crippen molar-refractivity contribution in [2.24, 2.45) is 0 Å². The molecule has 0 bridgehead atoms. The molecule has 2 aromatic carbocycles. The molecule has 2 aromatic rings. The molecule has 1 amide bonds. The summed E-state index contributed by atoms with van der Waals surface area (Å²) in [5, 5.41) is 8.69. The van der Waals surface area contributed by atoms with E-state index in [1.807, 2.05) is 54.6 Å². The number of amides is 1. The monoisotopic (exact) mass is 541 g/mol. The van der Waals surface area contributed by atoms with Gasteiger partial charge in [-0.2, -0.15) is 0 Å². The summed E-state index contributed by atoms with van der Waals surface area (Å²) in [7, 11) is 0. The summed E-state index contributed by atoms with van der Waals surface area (Å²) in [4.78, 5) is 12.3. The van der Waals surface area contributed by atoms with Gasteiger partial charge in [-0.25, -0.2) is 0 Å². The van der Waals surface area contributed by atoms with Gasteiger partial charge in [0.05, 0.1) is 6.42 Å². The third-order valence-electron chi connectivity index (χ3n) is 3.22. The molecule has 0 fully saturated rings. The van der Waals surface area contributed by atoms with Crippen LogP contribution in [-0.4, -0.2) is 21.0 Å². The van der Waals surface area contributed by atoms with Crippen molar-refractivity contribution in [1.29, 1.82) is 0 Å². The number of thiocarbonyl (C=S) groups is 1. The number of carbonyl (C=O) groups excluding carboxylic acids is 1. The zero-order valence-corrected chi connectivity index (χ0v) is 18.6. The summed E-state index contributed by atoms with van der Waals surface area (Å²) in [6, 6.07) is 16.9. The number of nitrogens with one attached hydrogen (secondary N) is 3. The topological polar surface area (TPSA) is 53.2 Å². The minimum Gasteiger partial charge on any atom is -0.339 e. The zero-order chi connectivity index (χ0) is 19.2. The van der Waals surface area contributed by atoms with E-state index in [-0.39, 0.29) is 17.4 Å². The molecule has 26 heavy (non-hydrogen) atoms. The van der Waals surface area contributed by atoms with Crippen molar-refractivity contribution in [2.45, 2.75) is 16.4 Å². The van der Waals surface area contributed by atoms with Crippen LogP contribution in [0.4, 0.5) is 5.69 Å². The van der Waals surface area contributed by atoms with Crippen LogP contribution >= 0.6 is 69.6 Å². The fraction of sp³-hybridized carbons (Fsp3) is 0.176. The Bertz CT molecular complexity index is 754. The summed E-state index contributed by atoms with van der Waals surface area (Å²) >= 11 is 25.4. The van der Waals surface area contributed by atoms with E-state index in [0.717, 1.165) is 14.8 Å².